The molecule has 1 aromatic carbocycles. The van der Waals surface area contributed by atoms with Gasteiger partial charge in [-0.05, 0) is 49.8 Å². The predicted molar refractivity (Wildman–Crippen MR) is 70.4 cm³/mol. The van der Waals surface area contributed by atoms with Crippen molar-refractivity contribution < 1.29 is 14.3 Å². The van der Waals surface area contributed by atoms with Gasteiger partial charge in [-0.15, -0.1) is 0 Å². The lowest BCUT2D eigenvalue weighted by Gasteiger charge is -2.27. The number of aldehydes is 1. The summed E-state index contributed by atoms with van der Waals surface area (Å²) >= 11 is 0. The molecule has 1 fully saturated rings. The SMILES string of the molecule is COc1cc(C=O)ccc1OC1CCC(C)CC1. The van der Waals surface area contributed by atoms with Crippen LogP contribution in [0.1, 0.15) is 43.0 Å². The minimum Gasteiger partial charge on any atom is -0.493 e. The summed E-state index contributed by atoms with van der Waals surface area (Å²) in [5, 5.41) is 0. The van der Waals surface area contributed by atoms with Gasteiger partial charge < -0.3 is 9.47 Å². The van der Waals surface area contributed by atoms with E-state index < -0.39 is 0 Å². The van der Waals surface area contributed by atoms with E-state index >= 15 is 0 Å². The number of carbonyl (C=O) groups excluding carboxylic acids is 1. The number of benzene rings is 1. The molecule has 0 radical (unpaired) electrons. The zero-order valence-electron chi connectivity index (χ0n) is 11.0. The van der Waals surface area contributed by atoms with Gasteiger partial charge in [-0.3, -0.25) is 4.79 Å². The average molecular weight is 248 g/mol. The molecule has 0 heterocycles. The van der Waals surface area contributed by atoms with E-state index in [9.17, 15) is 4.79 Å². The monoisotopic (exact) mass is 248 g/mol. The Morgan fingerprint density at radius 1 is 1.17 bits per heavy atom. The Morgan fingerprint density at radius 3 is 2.50 bits per heavy atom. The predicted octanol–water partition coefficient (Wildman–Crippen LogP) is 3.47. The van der Waals surface area contributed by atoms with Crippen LogP contribution in [-0.4, -0.2) is 19.5 Å². The molecule has 1 aliphatic rings. The summed E-state index contributed by atoms with van der Waals surface area (Å²) in [6, 6.07) is 5.30. The summed E-state index contributed by atoms with van der Waals surface area (Å²) in [5.41, 5.74) is 0.608. The molecule has 3 heteroatoms. The van der Waals surface area contributed by atoms with E-state index in [0.717, 1.165) is 30.8 Å². The summed E-state index contributed by atoms with van der Waals surface area (Å²) in [7, 11) is 1.60. The van der Waals surface area contributed by atoms with E-state index in [1.807, 2.05) is 6.07 Å². The molecule has 98 valence electrons. The first-order chi connectivity index (χ1) is 8.72. The number of rotatable bonds is 4. The Kier molecular flexibility index (Phi) is 4.24. The number of methoxy groups -OCH3 is 1. The maximum Gasteiger partial charge on any atom is 0.161 e. The van der Waals surface area contributed by atoms with Crippen molar-refractivity contribution in [3.05, 3.63) is 23.8 Å². The van der Waals surface area contributed by atoms with Crippen LogP contribution in [-0.2, 0) is 0 Å². The van der Waals surface area contributed by atoms with Gasteiger partial charge in [-0.2, -0.15) is 0 Å². The van der Waals surface area contributed by atoms with Gasteiger partial charge in [0.1, 0.15) is 6.29 Å². The molecule has 3 nitrogen and oxygen atoms in total. The highest BCUT2D eigenvalue weighted by atomic mass is 16.5. The lowest BCUT2D eigenvalue weighted by molar-refractivity contribution is 0.112. The smallest absolute Gasteiger partial charge is 0.161 e. The standard InChI is InChI=1S/C15H20O3/c1-11-3-6-13(7-4-11)18-14-8-5-12(10-16)9-15(14)17-2/h5,8-11,13H,3-4,6-7H2,1-2H3. The van der Waals surface area contributed by atoms with Gasteiger partial charge in [-0.1, -0.05) is 6.92 Å². The maximum atomic E-state index is 10.7. The van der Waals surface area contributed by atoms with Gasteiger partial charge in [0.05, 0.1) is 13.2 Å². The molecule has 0 amide bonds. The highest BCUT2D eigenvalue weighted by Crippen LogP contribution is 2.32. The van der Waals surface area contributed by atoms with E-state index in [4.69, 9.17) is 9.47 Å². The van der Waals surface area contributed by atoms with Gasteiger partial charge in [0.25, 0.3) is 0 Å². The topological polar surface area (TPSA) is 35.5 Å². The Labute approximate surface area is 108 Å². The Morgan fingerprint density at radius 2 is 1.89 bits per heavy atom. The van der Waals surface area contributed by atoms with Crippen molar-refractivity contribution in [2.24, 2.45) is 5.92 Å². The lowest BCUT2D eigenvalue weighted by Crippen LogP contribution is -2.23. The molecule has 0 atom stereocenters. The molecule has 2 rings (SSSR count). The maximum absolute atomic E-state index is 10.7. The van der Waals surface area contributed by atoms with Crippen LogP contribution in [0.5, 0.6) is 11.5 Å². The van der Waals surface area contributed by atoms with Gasteiger partial charge in [0.2, 0.25) is 0 Å². The van der Waals surface area contributed by atoms with Crippen LogP contribution >= 0.6 is 0 Å². The van der Waals surface area contributed by atoms with Crippen LogP contribution in [0.4, 0.5) is 0 Å². The van der Waals surface area contributed by atoms with Crippen molar-refractivity contribution in [2.45, 2.75) is 38.7 Å². The second-order valence-corrected chi connectivity index (χ2v) is 5.03. The summed E-state index contributed by atoms with van der Waals surface area (Å²) in [6.45, 7) is 2.29. The first-order valence-corrected chi connectivity index (χ1v) is 6.52. The fourth-order valence-corrected chi connectivity index (χ4v) is 2.38. The quantitative estimate of drug-likeness (QED) is 0.765. The minimum atomic E-state index is 0.275. The molecule has 0 bridgehead atoms. The van der Waals surface area contributed by atoms with Crippen molar-refractivity contribution in [3.63, 3.8) is 0 Å². The molecular formula is C15H20O3. The molecule has 0 aliphatic heterocycles. The fraction of sp³-hybridized carbons (Fsp3) is 0.533. The molecule has 0 unspecified atom stereocenters. The van der Waals surface area contributed by atoms with Crippen molar-refractivity contribution in [2.75, 3.05) is 7.11 Å². The Hall–Kier alpha value is -1.51. The third kappa shape index (κ3) is 3.03. The van der Waals surface area contributed by atoms with Crippen LogP contribution in [0.25, 0.3) is 0 Å². The van der Waals surface area contributed by atoms with Gasteiger partial charge in [0, 0.05) is 5.56 Å². The van der Waals surface area contributed by atoms with Crippen LogP contribution in [0.15, 0.2) is 18.2 Å². The van der Waals surface area contributed by atoms with E-state index in [0.29, 0.717) is 11.3 Å². The molecule has 18 heavy (non-hydrogen) atoms. The zero-order valence-corrected chi connectivity index (χ0v) is 11.0. The van der Waals surface area contributed by atoms with Crippen molar-refractivity contribution in [1.82, 2.24) is 0 Å². The highest BCUT2D eigenvalue weighted by Gasteiger charge is 2.20. The van der Waals surface area contributed by atoms with Crippen molar-refractivity contribution in [3.8, 4) is 11.5 Å². The van der Waals surface area contributed by atoms with E-state index in [1.54, 1.807) is 19.2 Å². The Bertz CT molecular complexity index is 406. The first kappa shape index (κ1) is 12.9. The molecule has 1 aliphatic carbocycles. The van der Waals surface area contributed by atoms with Crippen LogP contribution in [0, 0.1) is 5.92 Å². The summed E-state index contributed by atoms with van der Waals surface area (Å²) in [6.07, 6.45) is 5.73. The number of carbonyl (C=O) groups is 1. The first-order valence-electron chi connectivity index (χ1n) is 6.52. The third-order valence-corrected chi connectivity index (χ3v) is 3.58. The molecule has 0 spiro atoms. The van der Waals surface area contributed by atoms with Crippen LogP contribution < -0.4 is 9.47 Å². The second-order valence-electron chi connectivity index (χ2n) is 5.03. The second kappa shape index (κ2) is 5.89. The fourth-order valence-electron chi connectivity index (χ4n) is 2.38. The molecule has 0 N–H and O–H groups in total. The summed E-state index contributed by atoms with van der Waals surface area (Å²) < 4.78 is 11.3. The van der Waals surface area contributed by atoms with Gasteiger partial charge >= 0.3 is 0 Å². The van der Waals surface area contributed by atoms with Gasteiger partial charge in [0.15, 0.2) is 11.5 Å². The zero-order chi connectivity index (χ0) is 13.0. The largest absolute Gasteiger partial charge is 0.493 e. The van der Waals surface area contributed by atoms with Crippen molar-refractivity contribution >= 4 is 6.29 Å². The normalized spacial score (nSPS) is 23.4. The number of ether oxygens (including phenoxy) is 2. The molecule has 1 saturated carbocycles. The van der Waals surface area contributed by atoms with Crippen LogP contribution in [0.2, 0.25) is 0 Å². The Balaban J connectivity index is 2.06. The minimum absolute atomic E-state index is 0.275. The molecule has 1 aromatic rings. The van der Waals surface area contributed by atoms with E-state index in [-0.39, 0.29) is 6.10 Å². The lowest BCUT2D eigenvalue weighted by atomic mass is 9.89. The van der Waals surface area contributed by atoms with E-state index in [2.05, 4.69) is 6.92 Å². The summed E-state index contributed by atoms with van der Waals surface area (Å²) in [5.74, 6) is 2.19. The number of hydrogen-bond acceptors (Lipinski definition) is 3. The summed E-state index contributed by atoms with van der Waals surface area (Å²) in [4.78, 5) is 10.7. The average Bonchev–Trinajstić information content (AvgIpc) is 2.41. The molecule has 0 aromatic heterocycles. The number of hydrogen-bond donors (Lipinski definition) is 0. The third-order valence-electron chi connectivity index (χ3n) is 3.58. The van der Waals surface area contributed by atoms with Crippen molar-refractivity contribution in [1.29, 1.82) is 0 Å². The van der Waals surface area contributed by atoms with Gasteiger partial charge in [-0.25, -0.2) is 0 Å². The van der Waals surface area contributed by atoms with E-state index in [1.165, 1.54) is 12.8 Å². The molecule has 0 saturated heterocycles. The highest BCUT2D eigenvalue weighted by molar-refractivity contribution is 5.76. The molecular weight excluding hydrogens is 228 g/mol. The van der Waals surface area contributed by atoms with Crippen LogP contribution in [0.3, 0.4) is 0 Å².